The van der Waals surface area contributed by atoms with Crippen molar-refractivity contribution >= 4 is 21.9 Å². The summed E-state index contributed by atoms with van der Waals surface area (Å²) in [6.07, 6.45) is 1.65. The molecule has 1 rings (SSSR count). The molecule has 2 atom stereocenters. The summed E-state index contributed by atoms with van der Waals surface area (Å²) in [7, 11) is -3.22. The molecule has 21 heavy (non-hydrogen) atoms. The molecular weight excluding hydrogens is 296 g/mol. The van der Waals surface area contributed by atoms with Crippen molar-refractivity contribution in [1.82, 2.24) is 9.62 Å². The minimum atomic E-state index is -3.22. The lowest BCUT2D eigenvalue weighted by Gasteiger charge is -2.17. The monoisotopic (exact) mass is 320 g/mol. The van der Waals surface area contributed by atoms with Crippen LogP contribution in [0.5, 0.6) is 0 Å². The maximum absolute atomic E-state index is 11.9. The first-order chi connectivity index (χ1) is 9.53. The van der Waals surface area contributed by atoms with Crippen LogP contribution in [0.1, 0.15) is 27.2 Å². The summed E-state index contributed by atoms with van der Waals surface area (Å²) in [5.41, 5.74) is -0.516. The Kier molecular flexibility index (Phi) is 5.38. The van der Waals surface area contributed by atoms with Crippen molar-refractivity contribution < 1.29 is 23.1 Å². The second-order valence-electron chi connectivity index (χ2n) is 6.01. The average molecular weight is 320 g/mol. The Morgan fingerprint density at radius 1 is 1.29 bits per heavy atom. The lowest BCUT2D eigenvalue weighted by Crippen LogP contribution is -2.34. The van der Waals surface area contributed by atoms with Crippen LogP contribution < -0.4 is 5.32 Å². The number of rotatable bonds is 8. The normalized spacial score (nSPS) is 23.9. The lowest BCUT2D eigenvalue weighted by atomic mass is 10.1. The first kappa shape index (κ1) is 17.9. The highest BCUT2D eigenvalue weighted by atomic mass is 32.2. The molecule has 0 aromatic heterocycles. The predicted molar refractivity (Wildman–Crippen MR) is 78.1 cm³/mol. The zero-order chi connectivity index (χ0) is 16.4. The number of nitrogens with one attached hydrogen (secondary N) is 1. The van der Waals surface area contributed by atoms with Crippen LogP contribution >= 0.6 is 0 Å². The molecule has 2 N–H and O–H groups in total. The molecule has 2 unspecified atom stereocenters. The molecule has 1 aliphatic carbocycles. The Morgan fingerprint density at radius 2 is 1.86 bits per heavy atom. The van der Waals surface area contributed by atoms with Crippen molar-refractivity contribution in [3.8, 4) is 0 Å². The van der Waals surface area contributed by atoms with E-state index in [0.717, 1.165) is 6.26 Å². The van der Waals surface area contributed by atoms with Gasteiger partial charge in [0.1, 0.15) is 0 Å². The van der Waals surface area contributed by atoms with Gasteiger partial charge in [-0.1, -0.05) is 20.8 Å². The first-order valence-corrected chi connectivity index (χ1v) is 8.84. The molecule has 1 amide bonds. The molecule has 1 saturated carbocycles. The molecule has 0 saturated heterocycles. The third-order valence-electron chi connectivity index (χ3n) is 4.08. The highest BCUT2D eigenvalue weighted by Crippen LogP contribution is 2.58. The third-order valence-corrected chi connectivity index (χ3v) is 5.46. The Hall–Kier alpha value is -1.15. The number of aliphatic carboxylic acids is 1. The number of amides is 1. The van der Waals surface area contributed by atoms with Crippen molar-refractivity contribution in [2.24, 2.45) is 17.3 Å². The molecule has 1 aliphatic rings. The second-order valence-corrected chi connectivity index (χ2v) is 8.00. The fourth-order valence-corrected chi connectivity index (χ4v) is 3.65. The van der Waals surface area contributed by atoms with Gasteiger partial charge in [-0.05, 0) is 11.8 Å². The zero-order valence-electron chi connectivity index (χ0n) is 12.9. The average Bonchev–Trinajstić information content (AvgIpc) is 2.90. The lowest BCUT2D eigenvalue weighted by molar-refractivity contribution is -0.140. The Bertz CT molecular complexity index is 515. The summed E-state index contributed by atoms with van der Waals surface area (Å²) < 4.78 is 24.1. The van der Waals surface area contributed by atoms with Crippen molar-refractivity contribution in [1.29, 1.82) is 0 Å². The van der Waals surface area contributed by atoms with E-state index >= 15 is 0 Å². The van der Waals surface area contributed by atoms with E-state index < -0.39 is 33.2 Å². The molecule has 0 aromatic rings. The third kappa shape index (κ3) is 4.16. The highest BCUT2D eigenvalue weighted by Gasteiger charge is 2.65. The fraction of sp³-hybridized carbons (Fsp3) is 0.846. The standard InChI is InChI=1S/C13H24N2O5S/c1-5-15(21(4,19)20)8-6-7-14-11(16)9-10(12(17)18)13(9,2)3/h9-10H,5-8H2,1-4H3,(H,14,16)(H,17,18). The van der Waals surface area contributed by atoms with Crippen LogP contribution in [0.4, 0.5) is 0 Å². The number of carboxylic acids is 1. The quantitative estimate of drug-likeness (QED) is 0.619. The molecule has 122 valence electrons. The maximum Gasteiger partial charge on any atom is 0.307 e. The van der Waals surface area contributed by atoms with Crippen molar-refractivity contribution in [2.45, 2.75) is 27.2 Å². The molecule has 0 heterocycles. The number of nitrogens with zero attached hydrogens (tertiary/aromatic N) is 1. The largest absolute Gasteiger partial charge is 0.481 e. The SMILES string of the molecule is CCN(CCCNC(=O)C1C(C(=O)O)C1(C)C)S(C)(=O)=O. The zero-order valence-corrected chi connectivity index (χ0v) is 13.7. The summed E-state index contributed by atoms with van der Waals surface area (Å²) >= 11 is 0. The number of hydrogen-bond acceptors (Lipinski definition) is 4. The molecule has 8 heteroatoms. The number of carbonyl (C=O) groups excluding carboxylic acids is 1. The van der Waals surface area contributed by atoms with E-state index in [1.165, 1.54) is 4.31 Å². The van der Waals surface area contributed by atoms with Crippen LogP contribution in [0, 0.1) is 17.3 Å². The molecule has 7 nitrogen and oxygen atoms in total. The van der Waals surface area contributed by atoms with Crippen molar-refractivity contribution in [3.05, 3.63) is 0 Å². The van der Waals surface area contributed by atoms with Gasteiger partial charge in [0.15, 0.2) is 0 Å². The Balaban J connectivity index is 2.38. The van der Waals surface area contributed by atoms with Gasteiger partial charge in [0.2, 0.25) is 15.9 Å². The van der Waals surface area contributed by atoms with Gasteiger partial charge in [-0.3, -0.25) is 9.59 Å². The van der Waals surface area contributed by atoms with E-state index in [2.05, 4.69) is 5.32 Å². The maximum atomic E-state index is 11.9. The summed E-state index contributed by atoms with van der Waals surface area (Å²) in [4.78, 5) is 22.9. The van der Waals surface area contributed by atoms with Crippen LogP contribution in [0.2, 0.25) is 0 Å². The van der Waals surface area contributed by atoms with E-state index in [0.29, 0.717) is 26.1 Å². The van der Waals surface area contributed by atoms with Crippen molar-refractivity contribution in [2.75, 3.05) is 25.9 Å². The summed E-state index contributed by atoms with van der Waals surface area (Å²) in [5.74, 6) is -2.36. The number of carboxylic acid groups (broad SMARTS) is 1. The van der Waals surface area contributed by atoms with Gasteiger partial charge in [0.05, 0.1) is 18.1 Å². The number of carbonyl (C=O) groups is 2. The number of sulfonamides is 1. The molecular formula is C13H24N2O5S. The molecule has 0 radical (unpaired) electrons. The minimum Gasteiger partial charge on any atom is -0.481 e. The molecule has 1 fully saturated rings. The molecule has 0 aromatic carbocycles. The van der Waals surface area contributed by atoms with Crippen LogP contribution in [-0.4, -0.2) is 55.6 Å². The topological polar surface area (TPSA) is 104 Å². The highest BCUT2D eigenvalue weighted by molar-refractivity contribution is 7.88. The van der Waals surface area contributed by atoms with Crippen LogP contribution in [0.3, 0.4) is 0 Å². The van der Waals surface area contributed by atoms with Crippen molar-refractivity contribution in [3.63, 3.8) is 0 Å². The Labute approximate surface area is 125 Å². The molecule has 0 bridgehead atoms. The second kappa shape index (κ2) is 6.31. The van der Waals surface area contributed by atoms with Gasteiger partial charge in [-0.15, -0.1) is 0 Å². The van der Waals surface area contributed by atoms with E-state index in [-0.39, 0.29) is 5.91 Å². The van der Waals surface area contributed by atoms with E-state index in [1.54, 1.807) is 20.8 Å². The summed E-state index contributed by atoms with van der Waals surface area (Å²) in [6, 6.07) is 0. The van der Waals surface area contributed by atoms with Gasteiger partial charge in [-0.2, -0.15) is 0 Å². The molecule has 0 aliphatic heterocycles. The summed E-state index contributed by atoms with van der Waals surface area (Å²) in [6.45, 7) is 6.35. The van der Waals surface area contributed by atoms with Crippen LogP contribution in [-0.2, 0) is 19.6 Å². The van der Waals surface area contributed by atoms with Crippen LogP contribution in [0.25, 0.3) is 0 Å². The van der Waals surface area contributed by atoms with E-state index in [1.807, 2.05) is 0 Å². The van der Waals surface area contributed by atoms with Gasteiger partial charge in [-0.25, -0.2) is 12.7 Å². The minimum absolute atomic E-state index is 0.269. The smallest absolute Gasteiger partial charge is 0.307 e. The fourth-order valence-electron chi connectivity index (χ4n) is 2.72. The first-order valence-electron chi connectivity index (χ1n) is 6.99. The van der Waals surface area contributed by atoms with E-state index in [4.69, 9.17) is 5.11 Å². The van der Waals surface area contributed by atoms with Gasteiger partial charge < -0.3 is 10.4 Å². The van der Waals surface area contributed by atoms with Gasteiger partial charge in [0.25, 0.3) is 0 Å². The Morgan fingerprint density at radius 3 is 2.24 bits per heavy atom. The van der Waals surface area contributed by atoms with Crippen LogP contribution in [0.15, 0.2) is 0 Å². The predicted octanol–water partition coefficient (Wildman–Crippen LogP) is 0.131. The van der Waals surface area contributed by atoms with Gasteiger partial charge in [0, 0.05) is 19.6 Å². The van der Waals surface area contributed by atoms with E-state index in [9.17, 15) is 18.0 Å². The summed E-state index contributed by atoms with van der Waals surface area (Å²) in [5, 5.41) is 11.7. The van der Waals surface area contributed by atoms with Gasteiger partial charge >= 0.3 is 5.97 Å². The molecule has 0 spiro atoms. The number of hydrogen-bond donors (Lipinski definition) is 2.